The molecule has 14 heavy (non-hydrogen) atoms. The second-order valence-corrected chi connectivity index (χ2v) is 3.12. The maximum Gasteiger partial charge on any atom is 0.314 e. The van der Waals surface area contributed by atoms with E-state index in [1.165, 1.54) is 7.11 Å². The van der Waals surface area contributed by atoms with Crippen LogP contribution < -0.4 is 11.1 Å². The van der Waals surface area contributed by atoms with E-state index in [2.05, 4.69) is 5.32 Å². The van der Waals surface area contributed by atoms with Gasteiger partial charge in [0, 0.05) is 17.7 Å². The Morgan fingerprint density at radius 3 is 2.86 bits per heavy atom. The van der Waals surface area contributed by atoms with Gasteiger partial charge in [0.05, 0.1) is 0 Å². The van der Waals surface area contributed by atoms with Gasteiger partial charge in [-0.15, -0.1) is 0 Å². The number of carbonyl (C=O) groups excluding carboxylic acids is 1. The molecule has 0 radical (unpaired) electrons. The molecule has 4 nitrogen and oxygen atoms in total. The lowest BCUT2D eigenvalue weighted by molar-refractivity contribution is 0.0827. The number of benzene rings is 1. The highest BCUT2D eigenvalue weighted by molar-refractivity contribution is 6.30. The fourth-order valence-corrected chi connectivity index (χ4v) is 1.28. The Bertz CT molecular complexity index is 330. The molecule has 0 aliphatic heterocycles. The van der Waals surface area contributed by atoms with Gasteiger partial charge in [-0.05, 0) is 12.1 Å². The fraction of sp³-hybridized carbons (Fsp3) is 0.222. The number of hydrogen-bond acceptors (Lipinski definition) is 2. The number of ether oxygens (including phenoxy) is 1. The summed E-state index contributed by atoms with van der Waals surface area (Å²) in [5.74, 6) is 0. The first-order valence-corrected chi connectivity index (χ1v) is 4.35. The van der Waals surface area contributed by atoms with Crippen molar-refractivity contribution in [1.82, 2.24) is 5.32 Å². The van der Waals surface area contributed by atoms with E-state index in [9.17, 15) is 4.79 Å². The fourth-order valence-electron chi connectivity index (χ4n) is 1.08. The number of methoxy groups -OCH3 is 1. The van der Waals surface area contributed by atoms with Crippen molar-refractivity contribution in [1.29, 1.82) is 0 Å². The van der Waals surface area contributed by atoms with Gasteiger partial charge in [-0.25, -0.2) is 4.79 Å². The van der Waals surface area contributed by atoms with E-state index in [0.717, 1.165) is 5.56 Å². The van der Waals surface area contributed by atoms with Crippen LogP contribution in [0.4, 0.5) is 4.79 Å². The molecule has 76 valence electrons. The van der Waals surface area contributed by atoms with Crippen molar-refractivity contribution in [2.24, 2.45) is 5.73 Å². The van der Waals surface area contributed by atoms with Crippen LogP contribution in [0.15, 0.2) is 24.3 Å². The Labute approximate surface area is 87.0 Å². The highest BCUT2D eigenvalue weighted by atomic mass is 35.5. The molecular weight excluding hydrogens is 204 g/mol. The first-order valence-electron chi connectivity index (χ1n) is 3.97. The summed E-state index contributed by atoms with van der Waals surface area (Å²) in [5, 5.41) is 3.01. The van der Waals surface area contributed by atoms with Gasteiger partial charge in [0.25, 0.3) is 0 Å². The van der Waals surface area contributed by atoms with Crippen molar-refractivity contribution in [3.8, 4) is 0 Å². The molecule has 1 aromatic rings. The van der Waals surface area contributed by atoms with Crippen molar-refractivity contribution in [3.05, 3.63) is 34.9 Å². The summed E-state index contributed by atoms with van der Waals surface area (Å²) in [4.78, 5) is 10.6. The molecule has 0 spiro atoms. The Balaban J connectivity index is 2.83. The van der Waals surface area contributed by atoms with Gasteiger partial charge in [-0.1, -0.05) is 23.7 Å². The lowest BCUT2D eigenvalue weighted by atomic mass is 10.2. The lowest BCUT2D eigenvalue weighted by Crippen LogP contribution is -2.34. The maximum atomic E-state index is 10.6. The largest absolute Gasteiger partial charge is 0.357 e. The number of amides is 2. The third kappa shape index (κ3) is 2.90. The van der Waals surface area contributed by atoms with Gasteiger partial charge in [0.15, 0.2) is 6.23 Å². The zero-order valence-corrected chi connectivity index (χ0v) is 8.41. The van der Waals surface area contributed by atoms with Crippen molar-refractivity contribution in [2.75, 3.05) is 7.11 Å². The molecule has 0 bridgehead atoms. The van der Waals surface area contributed by atoms with Crippen LogP contribution in [-0.2, 0) is 4.74 Å². The van der Waals surface area contributed by atoms with E-state index < -0.39 is 12.3 Å². The summed E-state index contributed by atoms with van der Waals surface area (Å²) in [6.07, 6.45) is -0.564. The number of primary amides is 1. The molecule has 0 fully saturated rings. The molecule has 1 aromatic carbocycles. The Kier molecular flexibility index (Phi) is 3.73. The zero-order valence-electron chi connectivity index (χ0n) is 7.66. The zero-order chi connectivity index (χ0) is 10.6. The van der Waals surface area contributed by atoms with Gasteiger partial charge >= 0.3 is 6.03 Å². The van der Waals surface area contributed by atoms with E-state index >= 15 is 0 Å². The number of nitrogens with two attached hydrogens (primary N) is 1. The van der Waals surface area contributed by atoms with Crippen LogP contribution in [0.5, 0.6) is 0 Å². The smallest absolute Gasteiger partial charge is 0.314 e. The topological polar surface area (TPSA) is 64.3 Å². The number of hydrogen-bond donors (Lipinski definition) is 2. The highest BCUT2D eigenvalue weighted by Gasteiger charge is 2.11. The summed E-state index contributed by atoms with van der Waals surface area (Å²) >= 11 is 5.78. The maximum absolute atomic E-state index is 10.6. The van der Waals surface area contributed by atoms with E-state index in [1.807, 2.05) is 0 Å². The Hall–Kier alpha value is -1.26. The van der Waals surface area contributed by atoms with Crippen molar-refractivity contribution in [2.45, 2.75) is 6.23 Å². The third-order valence-corrected chi connectivity index (χ3v) is 1.90. The van der Waals surface area contributed by atoms with Crippen LogP contribution in [0, 0.1) is 0 Å². The molecule has 0 aliphatic rings. The lowest BCUT2D eigenvalue weighted by Gasteiger charge is -2.15. The summed E-state index contributed by atoms with van der Waals surface area (Å²) in [6.45, 7) is 0. The molecule has 2 amide bonds. The summed E-state index contributed by atoms with van der Waals surface area (Å²) in [6, 6.07) is 6.35. The van der Waals surface area contributed by atoms with Gasteiger partial charge in [0.2, 0.25) is 0 Å². The number of rotatable bonds is 3. The van der Waals surface area contributed by atoms with Crippen molar-refractivity contribution >= 4 is 17.6 Å². The first-order chi connectivity index (χ1) is 6.63. The first kappa shape index (κ1) is 10.8. The van der Waals surface area contributed by atoms with E-state index in [4.69, 9.17) is 22.1 Å². The molecule has 3 N–H and O–H groups in total. The minimum Gasteiger partial charge on any atom is -0.357 e. The number of urea groups is 1. The molecule has 0 saturated heterocycles. The molecule has 0 saturated carbocycles. The summed E-state index contributed by atoms with van der Waals surface area (Å²) < 4.78 is 5.03. The van der Waals surface area contributed by atoms with Crippen molar-refractivity contribution in [3.63, 3.8) is 0 Å². The highest BCUT2D eigenvalue weighted by Crippen LogP contribution is 2.17. The average Bonchev–Trinajstić information content (AvgIpc) is 2.14. The third-order valence-electron chi connectivity index (χ3n) is 1.66. The van der Waals surface area contributed by atoms with Gasteiger partial charge in [0.1, 0.15) is 0 Å². The minimum atomic E-state index is -0.642. The average molecular weight is 215 g/mol. The van der Waals surface area contributed by atoms with Crippen LogP contribution in [0.25, 0.3) is 0 Å². The predicted molar refractivity (Wildman–Crippen MR) is 53.9 cm³/mol. The molecule has 1 rings (SSSR count). The number of halogens is 1. The second-order valence-electron chi connectivity index (χ2n) is 2.68. The van der Waals surface area contributed by atoms with Crippen LogP contribution >= 0.6 is 11.6 Å². The molecule has 0 aromatic heterocycles. The standard InChI is InChI=1S/C9H11ClN2O2/c1-14-8(12-9(11)13)6-3-2-4-7(10)5-6/h2-5,8H,1H3,(H3,11,12,13). The monoisotopic (exact) mass is 214 g/mol. The van der Waals surface area contributed by atoms with Gasteiger partial charge in [-0.3, -0.25) is 0 Å². The molecule has 1 atom stereocenters. The Morgan fingerprint density at radius 2 is 2.36 bits per heavy atom. The van der Waals surface area contributed by atoms with E-state index in [1.54, 1.807) is 24.3 Å². The molecular formula is C9H11ClN2O2. The minimum absolute atomic E-state index is 0.564. The van der Waals surface area contributed by atoms with E-state index in [0.29, 0.717) is 5.02 Å². The van der Waals surface area contributed by atoms with E-state index in [-0.39, 0.29) is 0 Å². The van der Waals surface area contributed by atoms with Crippen molar-refractivity contribution < 1.29 is 9.53 Å². The predicted octanol–water partition coefficient (Wildman–Crippen LogP) is 1.65. The SMILES string of the molecule is COC(NC(N)=O)c1cccc(Cl)c1. The van der Waals surface area contributed by atoms with Crippen LogP contribution in [0.3, 0.4) is 0 Å². The summed E-state index contributed by atoms with van der Waals surface area (Å²) in [5.41, 5.74) is 5.73. The van der Waals surface area contributed by atoms with Gasteiger partial charge in [-0.2, -0.15) is 0 Å². The molecule has 0 aliphatic carbocycles. The quantitative estimate of drug-likeness (QED) is 0.752. The Morgan fingerprint density at radius 1 is 1.64 bits per heavy atom. The number of nitrogens with one attached hydrogen (secondary N) is 1. The summed E-state index contributed by atoms with van der Waals surface area (Å²) in [7, 11) is 1.47. The molecule has 0 heterocycles. The molecule has 1 unspecified atom stereocenters. The normalized spacial score (nSPS) is 12.1. The second kappa shape index (κ2) is 4.83. The van der Waals surface area contributed by atoms with Crippen LogP contribution in [0.2, 0.25) is 5.02 Å². The van der Waals surface area contributed by atoms with Crippen LogP contribution in [0.1, 0.15) is 11.8 Å². The number of carbonyl (C=O) groups is 1. The molecule has 5 heteroatoms. The van der Waals surface area contributed by atoms with Crippen LogP contribution in [-0.4, -0.2) is 13.1 Å². The van der Waals surface area contributed by atoms with Gasteiger partial charge < -0.3 is 15.8 Å².